The van der Waals surface area contributed by atoms with E-state index in [2.05, 4.69) is 50.5 Å². The Kier molecular flexibility index (Phi) is 6.00. The maximum Gasteiger partial charge on any atom is 0.0801 e. The molecule has 21 heavy (non-hydrogen) atoms. The van der Waals surface area contributed by atoms with Crippen LogP contribution < -0.4 is 5.32 Å². The summed E-state index contributed by atoms with van der Waals surface area (Å²) in [6, 6.07) is 12.8. The number of nitrogens with one attached hydrogen (secondary N) is 1. The molecular formula is C18H27N3. The lowest BCUT2D eigenvalue weighted by atomic mass is 9.92. The molecule has 0 spiro atoms. The molecule has 114 valence electrons. The molecule has 2 aromatic rings. The van der Waals surface area contributed by atoms with Gasteiger partial charge in [-0.3, -0.25) is 0 Å². The van der Waals surface area contributed by atoms with Crippen LogP contribution in [0.3, 0.4) is 0 Å². The lowest BCUT2D eigenvalue weighted by Gasteiger charge is -2.25. The monoisotopic (exact) mass is 285 g/mol. The Morgan fingerprint density at radius 2 is 1.76 bits per heavy atom. The van der Waals surface area contributed by atoms with Gasteiger partial charge in [0, 0.05) is 6.20 Å². The van der Waals surface area contributed by atoms with E-state index >= 15 is 0 Å². The predicted octanol–water partition coefficient (Wildman–Crippen LogP) is 4.35. The van der Waals surface area contributed by atoms with Crippen LogP contribution in [0.15, 0.2) is 42.6 Å². The fourth-order valence-corrected chi connectivity index (χ4v) is 2.80. The maximum absolute atomic E-state index is 4.80. The Morgan fingerprint density at radius 3 is 2.38 bits per heavy atom. The summed E-state index contributed by atoms with van der Waals surface area (Å²) in [5, 5.41) is 8.48. The Bertz CT molecular complexity index is 514. The van der Waals surface area contributed by atoms with Crippen molar-refractivity contribution in [2.75, 3.05) is 6.54 Å². The second kappa shape index (κ2) is 7.99. The van der Waals surface area contributed by atoms with Gasteiger partial charge in [-0.05, 0) is 37.1 Å². The SMILES string of the molecule is CCCNC(c1ccn(-c2ccccc2)n1)C(CC)CC. The minimum absolute atomic E-state index is 0.352. The smallest absolute Gasteiger partial charge is 0.0801 e. The van der Waals surface area contributed by atoms with E-state index in [1.54, 1.807) is 0 Å². The summed E-state index contributed by atoms with van der Waals surface area (Å²) in [7, 11) is 0. The third-order valence-electron chi connectivity index (χ3n) is 4.08. The third kappa shape index (κ3) is 3.94. The summed E-state index contributed by atoms with van der Waals surface area (Å²) >= 11 is 0. The van der Waals surface area contributed by atoms with Gasteiger partial charge in [0.2, 0.25) is 0 Å². The highest BCUT2D eigenvalue weighted by molar-refractivity contribution is 5.30. The fourth-order valence-electron chi connectivity index (χ4n) is 2.80. The van der Waals surface area contributed by atoms with E-state index in [1.807, 2.05) is 22.9 Å². The van der Waals surface area contributed by atoms with Crippen molar-refractivity contribution in [3.05, 3.63) is 48.3 Å². The quantitative estimate of drug-likeness (QED) is 0.781. The highest BCUT2D eigenvalue weighted by atomic mass is 15.3. The summed E-state index contributed by atoms with van der Waals surface area (Å²) in [5.74, 6) is 0.635. The van der Waals surface area contributed by atoms with E-state index in [1.165, 1.54) is 12.8 Å². The van der Waals surface area contributed by atoms with Crippen LogP contribution in [0.2, 0.25) is 0 Å². The molecule has 1 unspecified atom stereocenters. The molecule has 1 heterocycles. The fraction of sp³-hybridized carbons (Fsp3) is 0.500. The number of para-hydroxylation sites is 1. The largest absolute Gasteiger partial charge is 0.308 e. The average molecular weight is 285 g/mol. The van der Waals surface area contributed by atoms with Gasteiger partial charge in [-0.25, -0.2) is 4.68 Å². The lowest BCUT2D eigenvalue weighted by molar-refractivity contribution is 0.334. The molecule has 0 bridgehead atoms. The van der Waals surface area contributed by atoms with Crippen LogP contribution in [0, 0.1) is 5.92 Å². The molecule has 0 amide bonds. The first-order chi connectivity index (χ1) is 10.3. The van der Waals surface area contributed by atoms with Crippen LogP contribution in [0.1, 0.15) is 51.8 Å². The molecule has 2 rings (SSSR count). The van der Waals surface area contributed by atoms with E-state index in [9.17, 15) is 0 Å². The molecule has 1 aromatic carbocycles. The number of nitrogens with zero attached hydrogens (tertiary/aromatic N) is 2. The van der Waals surface area contributed by atoms with Crippen molar-refractivity contribution in [2.24, 2.45) is 5.92 Å². The van der Waals surface area contributed by atoms with Crippen LogP contribution >= 0.6 is 0 Å². The van der Waals surface area contributed by atoms with Crippen molar-refractivity contribution < 1.29 is 0 Å². The van der Waals surface area contributed by atoms with Crippen LogP contribution in [0.5, 0.6) is 0 Å². The number of hydrogen-bond donors (Lipinski definition) is 1. The van der Waals surface area contributed by atoms with Gasteiger partial charge in [-0.1, -0.05) is 51.8 Å². The topological polar surface area (TPSA) is 29.9 Å². The molecule has 1 N–H and O–H groups in total. The molecular weight excluding hydrogens is 258 g/mol. The minimum Gasteiger partial charge on any atom is -0.308 e. The van der Waals surface area contributed by atoms with Crippen molar-refractivity contribution in [1.29, 1.82) is 0 Å². The van der Waals surface area contributed by atoms with Gasteiger partial charge in [0.05, 0.1) is 17.4 Å². The first-order valence-corrected chi connectivity index (χ1v) is 8.14. The Morgan fingerprint density at radius 1 is 1.05 bits per heavy atom. The Labute approximate surface area is 128 Å². The van der Waals surface area contributed by atoms with Gasteiger partial charge in [0.25, 0.3) is 0 Å². The van der Waals surface area contributed by atoms with E-state index in [0.29, 0.717) is 12.0 Å². The summed E-state index contributed by atoms with van der Waals surface area (Å²) in [6.07, 6.45) is 5.57. The third-order valence-corrected chi connectivity index (χ3v) is 4.08. The van der Waals surface area contributed by atoms with Gasteiger partial charge in [0.15, 0.2) is 0 Å². The summed E-state index contributed by atoms with van der Waals surface area (Å²) in [5.41, 5.74) is 2.27. The molecule has 1 atom stereocenters. The highest BCUT2D eigenvalue weighted by Gasteiger charge is 2.22. The average Bonchev–Trinajstić information content (AvgIpc) is 3.02. The number of rotatable bonds is 8. The van der Waals surface area contributed by atoms with Crippen LogP contribution in [-0.2, 0) is 0 Å². The van der Waals surface area contributed by atoms with Crippen molar-refractivity contribution in [2.45, 2.75) is 46.1 Å². The van der Waals surface area contributed by atoms with Crippen molar-refractivity contribution in [1.82, 2.24) is 15.1 Å². The number of hydrogen-bond acceptors (Lipinski definition) is 2. The van der Waals surface area contributed by atoms with Gasteiger partial charge < -0.3 is 5.32 Å². The van der Waals surface area contributed by atoms with Gasteiger partial charge in [0.1, 0.15) is 0 Å². The van der Waals surface area contributed by atoms with Gasteiger partial charge in [-0.2, -0.15) is 5.10 Å². The van der Waals surface area contributed by atoms with E-state index in [-0.39, 0.29) is 0 Å². The highest BCUT2D eigenvalue weighted by Crippen LogP contribution is 2.26. The molecule has 0 saturated heterocycles. The Hall–Kier alpha value is -1.61. The van der Waals surface area contributed by atoms with E-state index < -0.39 is 0 Å². The van der Waals surface area contributed by atoms with Crippen molar-refractivity contribution in [3.63, 3.8) is 0 Å². The first kappa shape index (κ1) is 15.8. The maximum atomic E-state index is 4.80. The zero-order valence-corrected chi connectivity index (χ0v) is 13.4. The molecule has 3 heteroatoms. The van der Waals surface area contributed by atoms with E-state index in [4.69, 9.17) is 5.10 Å². The molecule has 0 fully saturated rings. The zero-order chi connectivity index (χ0) is 15.1. The molecule has 0 aliphatic carbocycles. The Balaban J connectivity index is 2.22. The molecule has 0 saturated carbocycles. The van der Waals surface area contributed by atoms with Crippen molar-refractivity contribution in [3.8, 4) is 5.69 Å². The number of benzene rings is 1. The van der Waals surface area contributed by atoms with Crippen LogP contribution in [0.25, 0.3) is 5.69 Å². The summed E-state index contributed by atoms with van der Waals surface area (Å²) in [6.45, 7) is 7.78. The van der Waals surface area contributed by atoms with Crippen LogP contribution in [0.4, 0.5) is 0 Å². The standard InChI is InChI=1S/C18H27N3/c1-4-13-19-18(15(5-2)6-3)17-12-14-21(20-17)16-10-8-7-9-11-16/h7-12,14-15,18-19H,4-6,13H2,1-3H3. The predicted molar refractivity (Wildman–Crippen MR) is 88.7 cm³/mol. The normalized spacial score (nSPS) is 12.8. The molecule has 0 aliphatic heterocycles. The van der Waals surface area contributed by atoms with E-state index in [0.717, 1.165) is 24.3 Å². The molecule has 0 aliphatic rings. The van der Waals surface area contributed by atoms with Gasteiger partial charge >= 0.3 is 0 Å². The second-order valence-electron chi connectivity index (χ2n) is 5.53. The lowest BCUT2D eigenvalue weighted by Crippen LogP contribution is -2.29. The summed E-state index contributed by atoms with van der Waals surface area (Å²) < 4.78 is 1.97. The number of aromatic nitrogens is 2. The van der Waals surface area contributed by atoms with Crippen LogP contribution in [-0.4, -0.2) is 16.3 Å². The molecule has 3 nitrogen and oxygen atoms in total. The minimum atomic E-state index is 0.352. The first-order valence-electron chi connectivity index (χ1n) is 8.14. The van der Waals surface area contributed by atoms with Crippen molar-refractivity contribution >= 4 is 0 Å². The summed E-state index contributed by atoms with van der Waals surface area (Å²) in [4.78, 5) is 0. The second-order valence-corrected chi connectivity index (χ2v) is 5.53. The molecule has 0 radical (unpaired) electrons. The zero-order valence-electron chi connectivity index (χ0n) is 13.4. The van der Waals surface area contributed by atoms with Gasteiger partial charge in [-0.15, -0.1) is 0 Å². The molecule has 1 aromatic heterocycles.